The van der Waals surface area contributed by atoms with E-state index in [4.69, 9.17) is 23.2 Å². The van der Waals surface area contributed by atoms with E-state index in [1.165, 1.54) is 12.1 Å². The minimum Gasteiger partial charge on any atom is -0.506 e. The molecule has 0 saturated carbocycles. The van der Waals surface area contributed by atoms with Crippen LogP contribution in [0.15, 0.2) is 27.6 Å². The van der Waals surface area contributed by atoms with Crippen LogP contribution in [0.2, 0.25) is 5.02 Å². The summed E-state index contributed by atoms with van der Waals surface area (Å²) in [6, 6.07) is 2.75. The highest BCUT2D eigenvalue weighted by molar-refractivity contribution is 7.92. The van der Waals surface area contributed by atoms with Gasteiger partial charge >= 0.3 is 0 Å². The summed E-state index contributed by atoms with van der Waals surface area (Å²) in [4.78, 5) is 12.4. The number of allylic oxidation sites excluding steroid dienone is 2. The second-order valence-electron chi connectivity index (χ2n) is 7.03. The number of aldehydes is 1. The molecule has 1 aromatic rings. The predicted molar refractivity (Wildman–Crippen MR) is 106 cm³/mol. The van der Waals surface area contributed by atoms with E-state index in [9.17, 15) is 18.3 Å². The lowest BCUT2D eigenvalue weighted by atomic mass is 9.97. The van der Waals surface area contributed by atoms with E-state index < -0.39 is 25.5 Å². The van der Waals surface area contributed by atoms with Gasteiger partial charge in [0.1, 0.15) is 16.9 Å². The molecule has 1 aliphatic carbocycles. The topological polar surface area (TPSA) is 74.7 Å². The number of carbonyl (C=O) groups excluding carboxylic acids is 1. The number of aromatic hydroxyl groups is 1. The maximum absolute atomic E-state index is 15.5. The van der Waals surface area contributed by atoms with Crippen molar-refractivity contribution in [2.45, 2.75) is 42.5 Å². The number of halogens is 3. The molecule has 0 aromatic heterocycles. The Balaban J connectivity index is 2.05. The molecule has 5 nitrogen and oxygen atoms in total. The molecular weight excluding hydrogens is 428 g/mol. The molecule has 3 rings (SSSR count). The number of likely N-dealkylation sites (tertiary alicyclic amines) is 1. The molecule has 1 aromatic carbocycles. The highest BCUT2D eigenvalue weighted by Crippen LogP contribution is 2.49. The van der Waals surface area contributed by atoms with Gasteiger partial charge in [0, 0.05) is 42.1 Å². The van der Waals surface area contributed by atoms with Gasteiger partial charge in [0.25, 0.3) is 0 Å². The maximum atomic E-state index is 15.5. The van der Waals surface area contributed by atoms with Crippen molar-refractivity contribution in [3.63, 3.8) is 0 Å². The second-order valence-corrected chi connectivity index (χ2v) is 9.96. The Morgan fingerprint density at radius 3 is 2.43 bits per heavy atom. The van der Waals surface area contributed by atoms with E-state index in [1.807, 2.05) is 11.8 Å². The zero-order valence-corrected chi connectivity index (χ0v) is 17.7. The Morgan fingerprint density at radius 2 is 1.89 bits per heavy atom. The van der Waals surface area contributed by atoms with Crippen LogP contribution < -0.4 is 0 Å². The normalized spacial score (nSPS) is 21.3. The zero-order valence-electron chi connectivity index (χ0n) is 15.3. The lowest BCUT2D eigenvalue weighted by molar-refractivity contribution is -0.105. The van der Waals surface area contributed by atoms with E-state index in [-0.39, 0.29) is 28.5 Å². The van der Waals surface area contributed by atoms with Crippen molar-refractivity contribution in [2.24, 2.45) is 0 Å². The Labute approximate surface area is 174 Å². The molecule has 1 N–H and O–H groups in total. The van der Waals surface area contributed by atoms with Crippen LogP contribution in [0.3, 0.4) is 0 Å². The number of rotatable bonds is 5. The average molecular weight is 449 g/mol. The van der Waals surface area contributed by atoms with Crippen molar-refractivity contribution in [1.82, 2.24) is 4.90 Å². The first-order valence-corrected chi connectivity index (χ1v) is 11.3. The lowest BCUT2D eigenvalue weighted by Gasteiger charge is -2.35. The van der Waals surface area contributed by atoms with E-state index in [1.54, 1.807) is 0 Å². The molecule has 1 aliphatic heterocycles. The Hall–Kier alpha value is -1.15. The number of phenols is 1. The van der Waals surface area contributed by atoms with Crippen molar-refractivity contribution in [3.8, 4) is 5.75 Å². The van der Waals surface area contributed by atoms with Crippen LogP contribution in [0.1, 0.15) is 38.2 Å². The number of alkyl halides is 1. The number of benzene rings is 1. The largest absolute Gasteiger partial charge is 0.506 e. The molecule has 0 unspecified atom stereocenters. The summed E-state index contributed by atoms with van der Waals surface area (Å²) in [5.41, 5.74) is 0.531. The summed E-state index contributed by atoms with van der Waals surface area (Å²) in [6.45, 7) is 3.24. The first kappa shape index (κ1) is 21.6. The number of phenolic OH excluding ortho intramolecular Hbond substituents is 1. The number of hydrogen-bond donors (Lipinski definition) is 1. The van der Waals surface area contributed by atoms with E-state index in [0.717, 1.165) is 0 Å². The van der Waals surface area contributed by atoms with Crippen LogP contribution in [-0.2, 0) is 14.6 Å². The smallest absolute Gasteiger partial charge is 0.218 e. The zero-order chi connectivity index (χ0) is 20.7. The summed E-state index contributed by atoms with van der Waals surface area (Å²) in [6.07, 6.45) is 0.999. The Bertz CT molecular complexity index is 924. The molecular formula is C19H21Cl2FNO4S. The fraction of sp³-hybridized carbons (Fsp3) is 0.474. The number of piperidine rings is 1. The van der Waals surface area contributed by atoms with Gasteiger partial charge in [0.05, 0.1) is 10.9 Å². The van der Waals surface area contributed by atoms with Crippen LogP contribution in [-0.4, -0.2) is 49.3 Å². The van der Waals surface area contributed by atoms with Crippen molar-refractivity contribution in [2.75, 3.05) is 19.6 Å². The third-order valence-corrected chi connectivity index (χ3v) is 8.76. The van der Waals surface area contributed by atoms with Gasteiger partial charge in [-0.3, -0.25) is 4.79 Å². The molecule has 1 fully saturated rings. The fourth-order valence-electron chi connectivity index (χ4n) is 3.74. The molecule has 1 saturated heterocycles. The van der Waals surface area contributed by atoms with Crippen LogP contribution in [0.4, 0.5) is 4.39 Å². The minimum absolute atomic E-state index is 0.152. The number of hydrogen-bond acceptors (Lipinski definition) is 5. The molecule has 0 atom stereocenters. The fourth-order valence-corrected chi connectivity index (χ4v) is 6.30. The molecule has 28 heavy (non-hydrogen) atoms. The molecule has 2 aliphatic rings. The Morgan fingerprint density at radius 1 is 1.25 bits per heavy atom. The minimum atomic E-state index is -4.56. The van der Waals surface area contributed by atoms with Gasteiger partial charge in [-0.2, -0.15) is 0 Å². The quantitative estimate of drug-likeness (QED) is 0.688. The molecule has 0 bridgehead atoms. The highest BCUT2D eigenvalue weighted by atomic mass is 35.5. The van der Waals surface area contributed by atoms with Crippen molar-refractivity contribution >= 4 is 39.3 Å². The van der Waals surface area contributed by atoms with Crippen LogP contribution in [0.5, 0.6) is 5.75 Å². The van der Waals surface area contributed by atoms with Gasteiger partial charge in [-0.25, -0.2) is 12.8 Å². The van der Waals surface area contributed by atoms with Crippen LogP contribution in [0.25, 0.3) is 0 Å². The summed E-state index contributed by atoms with van der Waals surface area (Å²) in [5, 5.41) is 8.18. The SMILES string of the molecule is CCN1CCC(F)(S(=O)(=O)c2c(Cl)ccc([C]3CCC(C=O)=C3Cl)c2O)CC1. The lowest BCUT2D eigenvalue weighted by Crippen LogP contribution is -2.46. The monoisotopic (exact) mass is 448 g/mol. The van der Waals surface area contributed by atoms with E-state index in [0.29, 0.717) is 50.3 Å². The van der Waals surface area contributed by atoms with Gasteiger partial charge in [-0.1, -0.05) is 36.2 Å². The molecule has 1 radical (unpaired) electrons. The van der Waals surface area contributed by atoms with Gasteiger partial charge in [0.2, 0.25) is 14.8 Å². The van der Waals surface area contributed by atoms with Crippen LogP contribution >= 0.6 is 23.2 Å². The summed E-state index contributed by atoms with van der Waals surface area (Å²) in [7, 11) is -4.56. The van der Waals surface area contributed by atoms with Crippen molar-refractivity contribution < 1.29 is 22.7 Å². The van der Waals surface area contributed by atoms with Crippen LogP contribution in [0, 0.1) is 5.92 Å². The van der Waals surface area contributed by atoms with E-state index >= 15 is 4.39 Å². The number of carbonyl (C=O) groups is 1. The summed E-state index contributed by atoms with van der Waals surface area (Å²) < 4.78 is 41.9. The highest BCUT2D eigenvalue weighted by Gasteiger charge is 2.49. The second kappa shape index (κ2) is 7.94. The Kier molecular flexibility index (Phi) is 6.11. The number of nitrogens with zero attached hydrogens (tertiary/aromatic N) is 1. The van der Waals surface area contributed by atoms with Gasteiger partial charge in [0.15, 0.2) is 0 Å². The van der Waals surface area contributed by atoms with E-state index in [2.05, 4.69) is 0 Å². The first-order chi connectivity index (χ1) is 13.2. The molecule has 0 spiro atoms. The standard InChI is InChI=1S/C19H21Cl2FNO4S/c1-2-23-9-7-19(22,8-10-23)28(26,27)18-15(20)6-5-14(17(18)25)13-4-3-12(11-24)16(13)21/h5-6,11,25H,2-4,7-10H2,1H3. The third-order valence-electron chi connectivity index (χ3n) is 5.54. The maximum Gasteiger partial charge on any atom is 0.218 e. The van der Waals surface area contributed by atoms with Gasteiger partial charge in [-0.15, -0.1) is 0 Å². The van der Waals surface area contributed by atoms with Crippen molar-refractivity contribution in [3.05, 3.63) is 39.2 Å². The summed E-state index contributed by atoms with van der Waals surface area (Å²) >= 11 is 12.3. The molecule has 1 heterocycles. The third kappa shape index (κ3) is 3.47. The summed E-state index contributed by atoms with van der Waals surface area (Å²) in [5.74, 6) is -0.175. The molecule has 9 heteroatoms. The van der Waals surface area contributed by atoms with Crippen molar-refractivity contribution in [1.29, 1.82) is 0 Å². The van der Waals surface area contributed by atoms with Gasteiger partial charge < -0.3 is 10.0 Å². The first-order valence-electron chi connectivity index (χ1n) is 9.04. The molecule has 153 valence electrons. The average Bonchev–Trinajstić information content (AvgIpc) is 3.02. The van der Waals surface area contributed by atoms with Gasteiger partial charge in [-0.05, 0) is 25.5 Å². The number of sulfone groups is 1. The predicted octanol–water partition coefficient (Wildman–Crippen LogP) is 4.01. The molecule has 0 amide bonds.